The Morgan fingerprint density at radius 1 is 1.10 bits per heavy atom. The molecule has 0 radical (unpaired) electrons. The van der Waals surface area contributed by atoms with E-state index in [0.717, 1.165) is 51.4 Å². The van der Waals surface area contributed by atoms with E-state index in [1.165, 1.54) is 22.4 Å². The third kappa shape index (κ3) is 3.88. The number of benzene rings is 1. The summed E-state index contributed by atoms with van der Waals surface area (Å²) < 4.78 is 6.21. The molecule has 1 atom stereocenters. The standard InChI is InChI=1S/C22H26N6O/c1-2-7-18-17(6-1)16-29-20-9-4-3-8-19(20)22(18)28-14-12-27(13-15-28)11-5-10-21-23-25-26-24-21/h1-4,6-9,20H,5,10-16H2,(H,23,24,25,26). The highest BCUT2D eigenvalue weighted by Crippen LogP contribution is 2.35. The Balaban J connectivity index is 1.30. The summed E-state index contributed by atoms with van der Waals surface area (Å²) in [5.74, 6) is 0.800. The minimum atomic E-state index is 0.0374. The molecule has 5 rings (SSSR count). The van der Waals surface area contributed by atoms with E-state index in [-0.39, 0.29) is 6.10 Å². The van der Waals surface area contributed by atoms with Crippen LogP contribution in [0.25, 0.3) is 5.70 Å². The summed E-state index contributed by atoms with van der Waals surface area (Å²) in [5, 5.41) is 14.2. The highest BCUT2D eigenvalue weighted by Gasteiger charge is 2.28. The molecule has 1 aromatic heterocycles. The number of aromatic nitrogens is 4. The van der Waals surface area contributed by atoms with Gasteiger partial charge >= 0.3 is 0 Å². The maximum atomic E-state index is 6.21. The third-order valence-corrected chi connectivity index (χ3v) is 5.90. The summed E-state index contributed by atoms with van der Waals surface area (Å²) in [4.78, 5) is 5.09. The molecule has 1 aromatic carbocycles. The summed E-state index contributed by atoms with van der Waals surface area (Å²) in [6, 6.07) is 8.67. The smallest absolute Gasteiger partial charge is 0.174 e. The number of piperazine rings is 1. The molecule has 0 bridgehead atoms. The minimum Gasteiger partial charge on any atom is -0.368 e. The highest BCUT2D eigenvalue weighted by atomic mass is 16.5. The van der Waals surface area contributed by atoms with Gasteiger partial charge in [0.2, 0.25) is 0 Å². The summed E-state index contributed by atoms with van der Waals surface area (Å²) in [5.41, 5.74) is 5.21. The van der Waals surface area contributed by atoms with Crippen LogP contribution in [-0.2, 0) is 17.8 Å². The lowest BCUT2D eigenvalue weighted by Gasteiger charge is -2.38. The second-order valence-corrected chi connectivity index (χ2v) is 7.70. The number of hydrogen-bond acceptors (Lipinski definition) is 6. The highest BCUT2D eigenvalue weighted by molar-refractivity contribution is 5.74. The van der Waals surface area contributed by atoms with E-state index in [0.29, 0.717) is 6.61 Å². The van der Waals surface area contributed by atoms with Crippen molar-refractivity contribution in [2.24, 2.45) is 0 Å². The van der Waals surface area contributed by atoms with E-state index >= 15 is 0 Å². The van der Waals surface area contributed by atoms with Crippen molar-refractivity contribution in [2.75, 3.05) is 32.7 Å². The number of allylic oxidation sites excluding steroid dienone is 2. The van der Waals surface area contributed by atoms with Crippen LogP contribution >= 0.6 is 0 Å². The predicted molar refractivity (Wildman–Crippen MR) is 111 cm³/mol. The summed E-state index contributed by atoms with van der Waals surface area (Å²) in [7, 11) is 0. The molecule has 29 heavy (non-hydrogen) atoms. The molecule has 150 valence electrons. The van der Waals surface area contributed by atoms with E-state index < -0.39 is 0 Å². The number of H-pyrrole nitrogens is 1. The van der Waals surface area contributed by atoms with Gasteiger partial charge in [0.1, 0.15) is 6.10 Å². The van der Waals surface area contributed by atoms with Gasteiger partial charge in [-0.2, -0.15) is 5.21 Å². The van der Waals surface area contributed by atoms with Crippen molar-refractivity contribution in [3.05, 3.63) is 71.1 Å². The van der Waals surface area contributed by atoms with Crippen LogP contribution in [0, 0.1) is 0 Å². The molecule has 3 aliphatic rings. The zero-order valence-electron chi connectivity index (χ0n) is 16.5. The van der Waals surface area contributed by atoms with E-state index in [1.54, 1.807) is 0 Å². The lowest BCUT2D eigenvalue weighted by molar-refractivity contribution is 0.0974. The number of tetrazole rings is 1. The van der Waals surface area contributed by atoms with Gasteiger partial charge in [-0.1, -0.05) is 53.8 Å². The number of hydrogen-bond donors (Lipinski definition) is 1. The van der Waals surface area contributed by atoms with Gasteiger partial charge in [0, 0.05) is 43.7 Å². The third-order valence-electron chi connectivity index (χ3n) is 5.90. The predicted octanol–water partition coefficient (Wildman–Crippen LogP) is 2.19. The average Bonchev–Trinajstić information content (AvgIpc) is 3.22. The molecule has 0 amide bonds. The van der Waals surface area contributed by atoms with Gasteiger partial charge in [0.25, 0.3) is 0 Å². The van der Waals surface area contributed by atoms with E-state index in [2.05, 4.69) is 79.0 Å². The fraction of sp³-hybridized carbons (Fsp3) is 0.409. The maximum absolute atomic E-state index is 6.21. The topological polar surface area (TPSA) is 70.2 Å². The Morgan fingerprint density at radius 2 is 2.00 bits per heavy atom. The maximum Gasteiger partial charge on any atom is 0.174 e. The van der Waals surface area contributed by atoms with Crippen molar-refractivity contribution < 1.29 is 4.74 Å². The first-order chi connectivity index (χ1) is 14.4. The van der Waals surface area contributed by atoms with Crippen LogP contribution in [-0.4, -0.2) is 69.3 Å². The van der Waals surface area contributed by atoms with Gasteiger partial charge < -0.3 is 9.64 Å². The molecule has 7 heteroatoms. The Bertz CT molecular complexity index is 925. The first-order valence-corrected chi connectivity index (χ1v) is 10.4. The Kier molecular flexibility index (Phi) is 5.23. The van der Waals surface area contributed by atoms with Crippen LogP contribution in [0.4, 0.5) is 0 Å². The van der Waals surface area contributed by atoms with Crippen molar-refractivity contribution in [2.45, 2.75) is 25.6 Å². The van der Waals surface area contributed by atoms with Crippen molar-refractivity contribution in [1.82, 2.24) is 30.4 Å². The molecular weight excluding hydrogens is 364 g/mol. The van der Waals surface area contributed by atoms with Crippen LogP contribution in [0.15, 0.2) is 54.1 Å². The van der Waals surface area contributed by atoms with Crippen molar-refractivity contribution in [3.63, 3.8) is 0 Å². The molecule has 1 N–H and O–H groups in total. The molecule has 1 aliphatic carbocycles. The van der Waals surface area contributed by atoms with E-state index in [9.17, 15) is 0 Å². The van der Waals surface area contributed by atoms with Gasteiger partial charge in [-0.05, 0) is 18.5 Å². The molecule has 1 fully saturated rings. The molecule has 3 heterocycles. The summed E-state index contributed by atoms with van der Waals surface area (Å²) >= 11 is 0. The minimum absolute atomic E-state index is 0.0374. The molecular formula is C22H26N6O. The quantitative estimate of drug-likeness (QED) is 0.844. The summed E-state index contributed by atoms with van der Waals surface area (Å²) in [6.07, 6.45) is 10.6. The van der Waals surface area contributed by atoms with Crippen molar-refractivity contribution in [3.8, 4) is 0 Å². The normalized spacial score (nSPS) is 21.8. The van der Waals surface area contributed by atoms with Crippen LogP contribution in [0.2, 0.25) is 0 Å². The lowest BCUT2D eigenvalue weighted by atomic mass is 9.95. The van der Waals surface area contributed by atoms with Gasteiger partial charge in [-0.15, -0.1) is 10.2 Å². The zero-order valence-corrected chi connectivity index (χ0v) is 16.5. The molecule has 1 unspecified atom stereocenters. The van der Waals surface area contributed by atoms with Gasteiger partial charge in [-0.25, -0.2) is 0 Å². The van der Waals surface area contributed by atoms with Gasteiger partial charge in [-0.3, -0.25) is 4.90 Å². The Morgan fingerprint density at radius 3 is 2.86 bits per heavy atom. The zero-order chi connectivity index (χ0) is 19.5. The van der Waals surface area contributed by atoms with Gasteiger partial charge in [0.05, 0.1) is 12.3 Å². The largest absolute Gasteiger partial charge is 0.368 e. The molecule has 2 aliphatic heterocycles. The molecule has 2 aromatic rings. The fourth-order valence-electron chi connectivity index (χ4n) is 4.39. The first-order valence-electron chi connectivity index (χ1n) is 10.4. The van der Waals surface area contributed by atoms with E-state index in [4.69, 9.17) is 4.74 Å². The van der Waals surface area contributed by atoms with Crippen molar-refractivity contribution in [1.29, 1.82) is 0 Å². The molecule has 0 saturated carbocycles. The number of ether oxygens (including phenoxy) is 1. The van der Waals surface area contributed by atoms with Crippen molar-refractivity contribution >= 4 is 5.70 Å². The number of fused-ring (bicyclic) bond motifs is 2. The fourth-order valence-corrected chi connectivity index (χ4v) is 4.39. The Labute approximate surface area is 170 Å². The van der Waals surface area contributed by atoms with Gasteiger partial charge in [0.15, 0.2) is 5.82 Å². The summed E-state index contributed by atoms with van der Waals surface area (Å²) in [6.45, 7) is 5.91. The number of nitrogens with one attached hydrogen (secondary N) is 1. The SMILES string of the molecule is C1=CC2=C(N3CCN(CCCc4nn[nH]n4)CC3)c3ccccc3COC2C=C1. The number of aryl methyl sites for hydroxylation is 1. The number of aromatic amines is 1. The van der Waals surface area contributed by atoms with Crippen LogP contribution in [0.5, 0.6) is 0 Å². The van der Waals surface area contributed by atoms with E-state index in [1.807, 2.05) is 0 Å². The molecule has 7 nitrogen and oxygen atoms in total. The number of rotatable bonds is 5. The Hall–Kier alpha value is -2.77. The second-order valence-electron chi connectivity index (χ2n) is 7.70. The molecule has 1 saturated heterocycles. The second kappa shape index (κ2) is 8.31. The molecule has 0 spiro atoms. The monoisotopic (exact) mass is 390 g/mol. The van der Waals surface area contributed by atoms with Crippen LogP contribution in [0.1, 0.15) is 23.4 Å². The number of nitrogens with zero attached hydrogens (tertiary/aromatic N) is 5. The average molecular weight is 390 g/mol. The first kappa shape index (κ1) is 18.3. The van der Waals surface area contributed by atoms with Crippen LogP contribution < -0.4 is 0 Å². The lowest BCUT2D eigenvalue weighted by Crippen LogP contribution is -2.46. The van der Waals surface area contributed by atoms with Crippen LogP contribution in [0.3, 0.4) is 0 Å².